The molecule has 0 bridgehead atoms. The van der Waals surface area contributed by atoms with Crippen LogP contribution in [0.15, 0.2) is 16.5 Å². The zero-order valence-electron chi connectivity index (χ0n) is 12.0. The maximum atomic E-state index is 6.07. The molecule has 0 radical (unpaired) electrons. The summed E-state index contributed by atoms with van der Waals surface area (Å²) in [6.45, 7) is 11.8. The van der Waals surface area contributed by atoms with Gasteiger partial charge in [0.2, 0.25) is 0 Å². The summed E-state index contributed by atoms with van der Waals surface area (Å²) in [6, 6.07) is 4.17. The molecule has 0 saturated heterocycles. The summed E-state index contributed by atoms with van der Waals surface area (Å²) in [4.78, 5) is 2.43. The van der Waals surface area contributed by atoms with Crippen molar-refractivity contribution in [3.8, 4) is 0 Å². The van der Waals surface area contributed by atoms with Crippen molar-refractivity contribution in [2.24, 2.45) is 5.73 Å². The summed E-state index contributed by atoms with van der Waals surface area (Å²) < 4.78 is 5.70. The molecule has 1 rings (SSSR count). The van der Waals surface area contributed by atoms with Crippen LogP contribution in [0.1, 0.15) is 37.5 Å². The predicted molar refractivity (Wildman–Crippen MR) is 80.1 cm³/mol. The fraction of sp³-hybridized carbons (Fsp3) is 0.714. The van der Waals surface area contributed by atoms with E-state index in [4.69, 9.17) is 10.2 Å². The van der Waals surface area contributed by atoms with Crippen molar-refractivity contribution in [3.05, 3.63) is 23.7 Å². The molecule has 2 unspecified atom stereocenters. The van der Waals surface area contributed by atoms with Gasteiger partial charge in [-0.3, -0.25) is 0 Å². The minimum absolute atomic E-state index is 0.109. The number of aryl methyl sites for hydroxylation is 1. The van der Waals surface area contributed by atoms with Crippen LogP contribution in [0.3, 0.4) is 0 Å². The highest BCUT2D eigenvalue weighted by Crippen LogP contribution is 2.32. The molecule has 4 heteroatoms. The van der Waals surface area contributed by atoms with E-state index >= 15 is 0 Å². The van der Waals surface area contributed by atoms with E-state index < -0.39 is 0 Å². The Morgan fingerprint density at radius 1 is 1.33 bits per heavy atom. The lowest BCUT2D eigenvalue weighted by atomic mass is 10.2. The second-order valence-electron chi connectivity index (χ2n) is 4.63. The molecule has 0 amide bonds. The van der Waals surface area contributed by atoms with E-state index in [1.807, 2.05) is 37.7 Å². The molecule has 0 aliphatic carbocycles. The monoisotopic (exact) mass is 270 g/mol. The van der Waals surface area contributed by atoms with Gasteiger partial charge in [-0.25, -0.2) is 0 Å². The molecule has 1 aromatic rings. The van der Waals surface area contributed by atoms with E-state index in [9.17, 15) is 0 Å². The zero-order chi connectivity index (χ0) is 13.5. The quantitative estimate of drug-likeness (QED) is 0.788. The van der Waals surface area contributed by atoms with Crippen molar-refractivity contribution in [2.45, 2.75) is 39.0 Å². The maximum absolute atomic E-state index is 6.07. The molecule has 0 fully saturated rings. The van der Waals surface area contributed by atoms with Gasteiger partial charge in [-0.1, -0.05) is 13.8 Å². The lowest BCUT2D eigenvalue weighted by molar-refractivity contribution is 0.323. The Hall–Kier alpha value is -0.450. The standard InChI is InChI=1S/C14H26N2OS/c1-5-16(6-2)9-10-18-14(12(4)15)13-8-7-11(3)17-13/h7-8,12,14H,5-6,9-10,15H2,1-4H3. The van der Waals surface area contributed by atoms with E-state index in [2.05, 4.69) is 18.7 Å². The van der Waals surface area contributed by atoms with E-state index in [0.717, 1.165) is 36.9 Å². The van der Waals surface area contributed by atoms with Gasteiger partial charge in [0.15, 0.2) is 0 Å². The van der Waals surface area contributed by atoms with Gasteiger partial charge in [0.25, 0.3) is 0 Å². The molecule has 2 atom stereocenters. The van der Waals surface area contributed by atoms with Gasteiger partial charge in [0.1, 0.15) is 11.5 Å². The maximum Gasteiger partial charge on any atom is 0.118 e. The van der Waals surface area contributed by atoms with Crippen LogP contribution in [0.2, 0.25) is 0 Å². The smallest absolute Gasteiger partial charge is 0.118 e. The molecule has 104 valence electrons. The first kappa shape index (κ1) is 15.6. The topological polar surface area (TPSA) is 42.4 Å². The third-order valence-corrected chi connectivity index (χ3v) is 4.56. The Labute approximate surface area is 115 Å². The number of nitrogens with two attached hydrogens (primary N) is 1. The summed E-state index contributed by atoms with van der Waals surface area (Å²) in [5.74, 6) is 3.06. The number of hydrogen-bond acceptors (Lipinski definition) is 4. The van der Waals surface area contributed by atoms with Crippen molar-refractivity contribution in [3.63, 3.8) is 0 Å². The van der Waals surface area contributed by atoms with Gasteiger partial charge >= 0.3 is 0 Å². The summed E-state index contributed by atoms with van der Waals surface area (Å²) >= 11 is 1.89. The number of rotatable bonds is 8. The summed E-state index contributed by atoms with van der Waals surface area (Å²) in [5, 5.41) is 0.259. The Morgan fingerprint density at radius 2 is 2.00 bits per heavy atom. The second-order valence-corrected chi connectivity index (χ2v) is 5.88. The normalized spacial score (nSPS) is 15.0. The molecule has 0 spiro atoms. The van der Waals surface area contributed by atoms with Gasteiger partial charge < -0.3 is 15.1 Å². The molecule has 0 saturated carbocycles. The molecule has 0 aromatic carbocycles. The average Bonchev–Trinajstić information content (AvgIpc) is 2.75. The lowest BCUT2D eigenvalue weighted by Crippen LogP contribution is -2.27. The van der Waals surface area contributed by atoms with E-state index in [1.54, 1.807) is 0 Å². The lowest BCUT2D eigenvalue weighted by Gasteiger charge is -2.21. The first-order chi connectivity index (χ1) is 8.58. The van der Waals surface area contributed by atoms with Crippen LogP contribution < -0.4 is 5.73 Å². The average molecular weight is 270 g/mol. The van der Waals surface area contributed by atoms with E-state index in [-0.39, 0.29) is 11.3 Å². The minimum Gasteiger partial charge on any atom is -0.465 e. The molecule has 1 aromatic heterocycles. The predicted octanol–water partition coefficient (Wildman–Crippen LogP) is 3.05. The number of hydrogen-bond donors (Lipinski definition) is 1. The van der Waals surface area contributed by atoms with Crippen molar-refractivity contribution >= 4 is 11.8 Å². The number of thioether (sulfide) groups is 1. The van der Waals surface area contributed by atoms with Crippen LogP contribution in [0.5, 0.6) is 0 Å². The fourth-order valence-corrected chi connectivity index (χ4v) is 3.16. The third kappa shape index (κ3) is 4.67. The highest BCUT2D eigenvalue weighted by Gasteiger charge is 2.20. The largest absolute Gasteiger partial charge is 0.465 e. The fourth-order valence-electron chi connectivity index (χ4n) is 1.95. The van der Waals surface area contributed by atoms with Gasteiger partial charge in [-0.15, -0.1) is 11.8 Å². The molecule has 1 heterocycles. The van der Waals surface area contributed by atoms with Crippen LogP contribution >= 0.6 is 11.8 Å². The van der Waals surface area contributed by atoms with Gasteiger partial charge in [-0.05, 0) is 39.1 Å². The highest BCUT2D eigenvalue weighted by atomic mass is 32.2. The Bertz CT molecular complexity index is 334. The molecule has 0 aliphatic rings. The second kappa shape index (κ2) is 7.87. The van der Waals surface area contributed by atoms with Crippen LogP contribution in [-0.2, 0) is 0 Å². The molecule has 0 aliphatic heterocycles. The van der Waals surface area contributed by atoms with Crippen LogP contribution in [0, 0.1) is 6.92 Å². The molecule has 18 heavy (non-hydrogen) atoms. The van der Waals surface area contributed by atoms with Crippen LogP contribution in [0.4, 0.5) is 0 Å². The van der Waals surface area contributed by atoms with Crippen LogP contribution in [0.25, 0.3) is 0 Å². The van der Waals surface area contributed by atoms with Crippen LogP contribution in [-0.4, -0.2) is 36.3 Å². The van der Waals surface area contributed by atoms with Gasteiger partial charge in [0, 0.05) is 18.3 Å². The van der Waals surface area contributed by atoms with E-state index in [0.29, 0.717) is 0 Å². The molecule has 3 nitrogen and oxygen atoms in total. The molecular formula is C14H26N2OS. The van der Waals surface area contributed by atoms with Crippen molar-refractivity contribution in [2.75, 3.05) is 25.4 Å². The zero-order valence-corrected chi connectivity index (χ0v) is 12.8. The first-order valence-corrected chi connectivity index (χ1v) is 7.79. The van der Waals surface area contributed by atoms with E-state index in [1.165, 1.54) is 0 Å². The Balaban J connectivity index is 2.49. The Morgan fingerprint density at radius 3 is 2.44 bits per heavy atom. The van der Waals surface area contributed by atoms with Gasteiger partial charge in [0.05, 0.1) is 5.25 Å². The molecule has 2 N–H and O–H groups in total. The number of nitrogens with zero attached hydrogens (tertiary/aromatic N) is 1. The summed E-state index contributed by atoms with van der Waals surface area (Å²) in [7, 11) is 0. The molecular weight excluding hydrogens is 244 g/mol. The van der Waals surface area contributed by atoms with Crippen molar-refractivity contribution in [1.29, 1.82) is 0 Å². The summed E-state index contributed by atoms with van der Waals surface area (Å²) in [6.07, 6.45) is 0. The Kier molecular flexibility index (Phi) is 6.82. The highest BCUT2D eigenvalue weighted by molar-refractivity contribution is 7.99. The third-order valence-electron chi connectivity index (χ3n) is 3.12. The van der Waals surface area contributed by atoms with Crippen molar-refractivity contribution in [1.82, 2.24) is 4.90 Å². The van der Waals surface area contributed by atoms with Crippen molar-refractivity contribution < 1.29 is 4.42 Å². The number of furan rings is 1. The SMILES string of the molecule is CCN(CC)CCSC(c1ccc(C)o1)C(C)N. The first-order valence-electron chi connectivity index (χ1n) is 6.74. The van der Waals surface area contributed by atoms with Gasteiger partial charge in [-0.2, -0.15) is 0 Å². The minimum atomic E-state index is 0.109. The summed E-state index contributed by atoms with van der Waals surface area (Å²) in [5.41, 5.74) is 6.07.